The predicted molar refractivity (Wildman–Crippen MR) is 74.8 cm³/mol. The van der Waals surface area contributed by atoms with Crippen LogP contribution in [-0.4, -0.2) is 15.5 Å². The number of rotatable bonds is 2. The van der Waals surface area contributed by atoms with Gasteiger partial charge >= 0.3 is 10.3 Å². The summed E-state index contributed by atoms with van der Waals surface area (Å²) < 4.78 is 49.4. The Labute approximate surface area is 121 Å². The van der Waals surface area contributed by atoms with Crippen LogP contribution in [0.3, 0.4) is 0 Å². The van der Waals surface area contributed by atoms with Gasteiger partial charge in [-0.2, -0.15) is 13.1 Å². The Bertz CT molecular complexity index is 805. The standard InChI is InChI=1S/C14H12FNO4S/c1-19-13-5-3-2-4-11(13)12-7-10(15)6-9-8-16-21(17,18)20-14(9)12/h2-7,16H,8H2,1H3. The van der Waals surface area contributed by atoms with Gasteiger partial charge in [-0.1, -0.05) is 18.2 Å². The largest absolute Gasteiger partial charge is 0.496 e. The van der Waals surface area contributed by atoms with Crippen LogP contribution in [0.1, 0.15) is 5.56 Å². The van der Waals surface area contributed by atoms with E-state index in [2.05, 4.69) is 4.72 Å². The molecule has 2 aromatic carbocycles. The van der Waals surface area contributed by atoms with Crippen molar-refractivity contribution >= 4 is 10.3 Å². The first kappa shape index (κ1) is 13.8. The summed E-state index contributed by atoms with van der Waals surface area (Å²) in [5.41, 5.74) is 1.34. The third-order valence-corrected chi connectivity index (χ3v) is 4.04. The van der Waals surface area contributed by atoms with E-state index in [1.807, 2.05) is 0 Å². The summed E-state index contributed by atoms with van der Waals surface area (Å²) >= 11 is 0. The van der Waals surface area contributed by atoms with Crippen molar-refractivity contribution in [1.82, 2.24) is 4.72 Å². The van der Waals surface area contributed by atoms with Crippen LogP contribution < -0.4 is 13.6 Å². The van der Waals surface area contributed by atoms with E-state index in [0.717, 1.165) is 0 Å². The molecular weight excluding hydrogens is 297 g/mol. The zero-order chi connectivity index (χ0) is 15.0. The highest BCUT2D eigenvalue weighted by atomic mass is 32.2. The van der Waals surface area contributed by atoms with Crippen LogP contribution in [0.25, 0.3) is 11.1 Å². The van der Waals surface area contributed by atoms with Gasteiger partial charge in [-0.25, -0.2) is 4.39 Å². The summed E-state index contributed by atoms with van der Waals surface area (Å²) in [6, 6.07) is 9.43. The summed E-state index contributed by atoms with van der Waals surface area (Å²) in [6.45, 7) is -0.0163. The van der Waals surface area contributed by atoms with Gasteiger partial charge in [0.2, 0.25) is 0 Å². The lowest BCUT2D eigenvalue weighted by atomic mass is 10.00. The maximum Gasteiger partial charge on any atom is 0.382 e. The van der Waals surface area contributed by atoms with E-state index >= 15 is 0 Å². The maximum atomic E-state index is 13.8. The minimum atomic E-state index is -3.87. The Morgan fingerprint density at radius 3 is 2.76 bits per heavy atom. The van der Waals surface area contributed by atoms with E-state index in [1.54, 1.807) is 24.3 Å². The molecule has 2 aromatic rings. The highest BCUT2D eigenvalue weighted by molar-refractivity contribution is 7.85. The molecule has 3 rings (SSSR count). The number of fused-ring (bicyclic) bond motifs is 1. The number of halogens is 1. The molecule has 1 aliphatic heterocycles. The smallest absolute Gasteiger partial charge is 0.382 e. The van der Waals surface area contributed by atoms with Crippen molar-refractivity contribution < 1.29 is 21.7 Å². The highest BCUT2D eigenvalue weighted by Crippen LogP contribution is 2.40. The van der Waals surface area contributed by atoms with Crippen molar-refractivity contribution in [2.75, 3.05) is 7.11 Å². The van der Waals surface area contributed by atoms with Crippen molar-refractivity contribution in [2.24, 2.45) is 0 Å². The van der Waals surface area contributed by atoms with Gasteiger partial charge in [0.25, 0.3) is 0 Å². The van der Waals surface area contributed by atoms with Crippen LogP contribution in [0.4, 0.5) is 4.39 Å². The monoisotopic (exact) mass is 309 g/mol. The van der Waals surface area contributed by atoms with Crippen molar-refractivity contribution in [3.05, 3.63) is 47.8 Å². The second-order valence-corrected chi connectivity index (χ2v) is 5.86. The second kappa shape index (κ2) is 5.01. The lowest BCUT2D eigenvalue weighted by Gasteiger charge is -2.21. The van der Waals surface area contributed by atoms with E-state index < -0.39 is 16.1 Å². The van der Waals surface area contributed by atoms with Crippen molar-refractivity contribution in [2.45, 2.75) is 6.54 Å². The van der Waals surface area contributed by atoms with E-state index in [4.69, 9.17) is 8.92 Å². The summed E-state index contributed by atoms with van der Waals surface area (Å²) in [6.07, 6.45) is 0. The van der Waals surface area contributed by atoms with Crippen molar-refractivity contribution in [3.8, 4) is 22.6 Å². The molecule has 1 aliphatic rings. The molecule has 0 spiro atoms. The number of hydrogen-bond acceptors (Lipinski definition) is 4. The lowest BCUT2D eigenvalue weighted by molar-refractivity contribution is 0.415. The molecule has 110 valence electrons. The fourth-order valence-corrected chi connectivity index (χ4v) is 3.06. The molecule has 0 aromatic heterocycles. The molecule has 0 bridgehead atoms. The van der Waals surface area contributed by atoms with Crippen LogP contribution >= 0.6 is 0 Å². The first-order valence-corrected chi connectivity index (χ1v) is 7.56. The van der Waals surface area contributed by atoms with Gasteiger partial charge in [-0.15, -0.1) is 0 Å². The topological polar surface area (TPSA) is 64.6 Å². The summed E-state index contributed by atoms with van der Waals surface area (Å²) in [5.74, 6) is 0.156. The number of nitrogens with one attached hydrogen (secondary N) is 1. The second-order valence-electron chi connectivity index (χ2n) is 4.50. The summed E-state index contributed by atoms with van der Waals surface area (Å²) in [7, 11) is -2.38. The number of hydrogen-bond donors (Lipinski definition) is 1. The molecule has 5 nitrogen and oxygen atoms in total. The first-order valence-electron chi connectivity index (χ1n) is 6.15. The number of para-hydroxylation sites is 1. The van der Waals surface area contributed by atoms with Gasteiger partial charge in [-0.3, -0.25) is 0 Å². The van der Waals surface area contributed by atoms with Crippen LogP contribution in [0, 0.1) is 5.82 Å². The number of methoxy groups -OCH3 is 1. The van der Waals surface area contributed by atoms with Gasteiger partial charge in [0.05, 0.1) is 7.11 Å². The van der Waals surface area contributed by atoms with Crippen LogP contribution in [0.2, 0.25) is 0 Å². The molecule has 0 saturated carbocycles. The maximum absolute atomic E-state index is 13.8. The first-order chi connectivity index (χ1) is 10.00. The zero-order valence-electron chi connectivity index (χ0n) is 11.1. The lowest BCUT2D eigenvalue weighted by Crippen LogP contribution is -2.32. The zero-order valence-corrected chi connectivity index (χ0v) is 11.9. The van der Waals surface area contributed by atoms with E-state index in [9.17, 15) is 12.8 Å². The van der Waals surface area contributed by atoms with E-state index in [-0.39, 0.29) is 12.3 Å². The van der Waals surface area contributed by atoms with Crippen molar-refractivity contribution in [3.63, 3.8) is 0 Å². The van der Waals surface area contributed by atoms with E-state index in [0.29, 0.717) is 22.4 Å². The molecular formula is C14H12FNO4S. The quantitative estimate of drug-likeness (QED) is 0.924. The average Bonchev–Trinajstić information content (AvgIpc) is 2.46. The minimum absolute atomic E-state index is 0.0163. The highest BCUT2D eigenvalue weighted by Gasteiger charge is 2.26. The normalized spacial score (nSPS) is 15.9. The van der Waals surface area contributed by atoms with Crippen LogP contribution in [-0.2, 0) is 16.8 Å². The van der Waals surface area contributed by atoms with Gasteiger partial charge in [0.15, 0.2) is 5.75 Å². The Hall–Kier alpha value is -2.12. The van der Waals surface area contributed by atoms with Crippen LogP contribution in [0.15, 0.2) is 36.4 Å². The molecule has 0 unspecified atom stereocenters. The molecule has 0 saturated heterocycles. The van der Waals surface area contributed by atoms with Gasteiger partial charge in [0.1, 0.15) is 11.6 Å². The minimum Gasteiger partial charge on any atom is -0.496 e. The molecule has 0 radical (unpaired) electrons. The van der Waals surface area contributed by atoms with Crippen molar-refractivity contribution in [1.29, 1.82) is 0 Å². The number of ether oxygens (including phenoxy) is 1. The fourth-order valence-electron chi connectivity index (χ4n) is 2.25. The average molecular weight is 309 g/mol. The van der Waals surface area contributed by atoms with Gasteiger partial charge in [0, 0.05) is 23.2 Å². The van der Waals surface area contributed by atoms with Gasteiger partial charge in [-0.05, 0) is 18.2 Å². The Balaban J connectivity index is 2.26. The third kappa shape index (κ3) is 2.57. The predicted octanol–water partition coefficient (Wildman–Crippen LogP) is 2.23. The van der Waals surface area contributed by atoms with Gasteiger partial charge < -0.3 is 8.92 Å². The van der Waals surface area contributed by atoms with Crippen LogP contribution in [0.5, 0.6) is 11.5 Å². The summed E-state index contributed by atoms with van der Waals surface area (Å²) in [4.78, 5) is 0. The molecule has 0 fully saturated rings. The Kier molecular flexibility index (Phi) is 3.30. The summed E-state index contributed by atoms with van der Waals surface area (Å²) in [5, 5.41) is 0. The molecule has 0 aliphatic carbocycles. The molecule has 0 amide bonds. The Morgan fingerprint density at radius 1 is 1.24 bits per heavy atom. The number of benzene rings is 2. The van der Waals surface area contributed by atoms with E-state index in [1.165, 1.54) is 19.2 Å². The molecule has 1 heterocycles. The Morgan fingerprint density at radius 2 is 2.00 bits per heavy atom. The SMILES string of the molecule is COc1ccccc1-c1cc(F)cc2c1OS(=O)(=O)NC2. The third-order valence-electron chi connectivity index (χ3n) is 3.16. The molecule has 21 heavy (non-hydrogen) atoms. The fraction of sp³-hybridized carbons (Fsp3) is 0.143. The molecule has 1 N–H and O–H groups in total. The molecule has 0 atom stereocenters. The molecule has 7 heteroatoms.